The lowest BCUT2D eigenvalue weighted by atomic mass is 9.71. The first kappa shape index (κ1) is 45.4. The summed E-state index contributed by atoms with van der Waals surface area (Å²) in [6, 6.07) is 85.3. The Balaban J connectivity index is 1.00. The zero-order chi connectivity index (χ0) is 51.3. The Kier molecular flexibility index (Phi) is 10.4. The van der Waals surface area contributed by atoms with E-state index in [9.17, 15) is 0 Å². The van der Waals surface area contributed by atoms with Gasteiger partial charge in [-0.15, -0.1) is 0 Å². The zero-order valence-electron chi connectivity index (χ0n) is 43.3. The maximum Gasteiger partial charge on any atom is 0.238 e. The van der Waals surface area contributed by atoms with Crippen LogP contribution in [0.3, 0.4) is 0 Å². The second-order valence-electron chi connectivity index (χ2n) is 21.7. The van der Waals surface area contributed by atoms with Gasteiger partial charge in [-0.2, -0.15) is 9.97 Å². The van der Waals surface area contributed by atoms with Crippen molar-refractivity contribution < 1.29 is 0 Å². The Labute approximate surface area is 443 Å². The summed E-state index contributed by atoms with van der Waals surface area (Å²) >= 11 is 0. The Morgan fingerprint density at radius 2 is 0.789 bits per heavy atom. The Bertz CT molecular complexity index is 4290. The molecule has 364 valence electrons. The number of aromatic nitrogens is 5. The van der Waals surface area contributed by atoms with Crippen LogP contribution in [0.5, 0.6) is 0 Å². The molecule has 1 aliphatic carbocycles. The summed E-state index contributed by atoms with van der Waals surface area (Å²) in [4.78, 5) is 16.2. The molecule has 0 bridgehead atoms. The van der Waals surface area contributed by atoms with Gasteiger partial charge in [0.2, 0.25) is 5.95 Å². The molecule has 0 radical (unpaired) electrons. The van der Waals surface area contributed by atoms with Crippen molar-refractivity contribution in [1.29, 1.82) is 0 Å². The summed E-state index contributed by atoms with van der Waals surface area (Å²) in [7, 11) is 0. The SMILES string of the molecule is CC1C(C)(C)c2cccc(-c3ccccc3-c3cccc(-n4c5ccccc5c5ccc6c7ccccc7n(-c7nc(-c8ccc(-c9ccccc9)cc8)nc(-c8ccc(-c9ccccc9)cc8)n7)c6c54)c3)c2C1(C)C. The normalized spacial score (nSPS) is 14.7. The van der Waals surface area contributed by atoms with E-state index in [1.165, 1.54) is 33.2 Å². The number of nitrogens with zero attached hydrogens (tertiary/aromatic N) is 5. The van der Waals surface area contributed by atoms with Gasteiger partial charge in [0.15, 0.2) is 11.6 Å². The minimum absolute atomic E-state index is 0.00274. The largest absolute Gasteiger partial charge is 0.307 e. The van der Waals surface area contributed by atoms with Crippen LogP contribution in [0.25, 0.3) is 123 Å². The maximum absolute atomic E-state index is 5.47. The highest BCUT2D eigenvalue weighted by Gasteiger charge is 2.49. The minimum atomic E-state index is -0.00274. The highest BCUT2D eigenvalue weighted by molar-refractivity contribution is 6.23. The summed E-state index contributed by atoms with van der Waals surface area (Å²) in [5.41, 5.74) is 19.6. The van der Waals surface area contributed by atoms with Crippen molar-refractivity contribution in [3.8, 4) is 78.9 Å². The molecule has 3 heterocycles. The first-order valence-corrected chi connectivity index (χ1v) is 26.5. The number of benzene rings is 10. The summed E-state index contributed by atoms with van der Waals surface area (Å²) in [6.07, 6.45) is 0. The van der Waals surface area contributed by atoms with E-state index in [2.05, 4.69) is 280 Å². The predicted molar refractivity (Wildman–Crippen MR) is 316 cm³/mol. The molecular weight excluding hydrogens is 923 g/mol. The fourth-order valence-electron chi connectivity index (χ4n) is 12.7. The van der Waals surface area contributed by atoms with Gasteiger partial charge in [0.05, 0.1) is 22.1 Å². The van der Waals surface area contributed by atoms with Crippen LogP contribution in [0.15, 0.2) is 237 Å². The van der Waals surface area contributed by atoms with Crippen molar-refractivity contribution in [1.82, 2.24) is 24.1 Å². The molecular formula is C71H55N5. The molecule has 0 N–H and O–H groups in total. The van der Waals surface area contributed by atoms with E-state index >= 15 is 0 Å². The van der Waals surface area contributed by atoms with Crippen LogP contribution in [-0.2, 0) is 10.8 Å². The van der Waals surface area contributed by atoms with Gasteiger partial charge < -0.3 is 4.57 Å². The van der Waals surface area contributed by atoms with Gasteiger partial charge in [-0.3, -0.25) is 4.57 Å². The number of hydrogen-bond donors (Lipinski definition) is 0. The molecule has 76 heavy (non-hydrogen) atoms. The quantitative estimate of drug-likeness (QED) is 0.152. The molecule has 1 unspecified atom stereocenters. The van der Waals surface area contributed by atoms with Gasteiger partial charge in [-0.05, 0) is 96.6 Å². The lowest BCUT2D eigenvalue weighted by Gasteiger charge is -2.33. The van der Waals surface area contributed by atoms with E-state index < -0.39 is 0 Å². The van der Waals surface area contributed by atoms with Gasteiger partial charge >= 0.3 is 0 Å². The molecule has 0 saturated carbocycles. The van der Waals surface area contributed by atoms with Crippen LogP contribution in [0.1, 0.15) is 45.7 Å². The van der Waals surface area contributed by atoms with Crippen molar-refractivity contribution in [2.45, 2.75) is 45.4 Å². The topological polar surface area (TPSA) is 48.5 Å². The van der Waals surface area contributed by atoms with Gasteiger partial charge in [0.1, 0.15) is 0 Å². The molecule has 0 aliphatic heterocycles. The van der Waals surface area contributed by atoms with Crippen LogP contribution in [-0.4, -0.2) is 24.1 Å². The molecule has 0 fully saturated rings. The van der Waals surface area contributed by atoms with Crippen molar-refractivity contribution in [2.75, 3.05) is 0 Å². The molecule has 0 spiro atoms. The van der Waals surface area contributed by atoms with E-state index in [0.29, 0.717) is 23.5 Å². The Morgan fingerprint density at radius 3 is 1.38 bits per heavy atom. The standard InChI is InChI=1S/C71H55N5/c1-45-70(2,3)61-31-19-30-58(64(61)71(45,4)5)55-27-13-12-26-54(55)52-24-18-25-53(44-52)75-62-32-16-14-28-56(62)59-42-43-60-57-29-15-17-33-63(57)76(66(60)65(59)75)69-73-67(50-38-34-48(35-39-50)46-20-8-6-9-21-46)72-68(74-69)51-40-36-49(37-41-51)47-22-10-7-11-23-47/h6-45H,1-5H3. The zero-order valence-corrected chi connectivity index (χ0v) is 43.3. The predicted octanol–water partition coefficient (Wildman–Crippen LogP) is 18.3. The monoisotopic (exact) mass is 977 g/mol. The maximum atomic E-state index is 5.47. The Morgan fingerprint density at radius 1 is 0.342 bits per heavy atom. The lowest BCUT2D eigenvalue weighted by Crippen LogP contribution is -2.31. The summed E-state index contributed by atoms with van der Waals surface area (Å²) in [5, 5.41) is 4.57. The van der Waals surface area contributed by atoms with Crippen molar-refractivity contribution in [2.24, 2.45) is 5.92 Å². The van der Waals surface area contributed by atoms with E-state index in [4.69, 9.17) is 15.0 Å². The summed E-state index contributed by atoms with van der Waals surface area (Å²) in [6.45, 7) is 12.1. The fourth-order valence-corrected chi connectivity index (χ4v) is 12.7. The van der Waals surface area contributed by atoms with Crippen molar-refractivity contribution >= 4 is 43.6 Å². The smallest absolute Gasteiger partial charge is 0.238 e. The second-order valence-corrected chi connectivity index (χ2v) is 21.7. The van der Waals surface area contributed by atoms with E-state index in [1.807, 2.05) is 0 Å². The summed E-state index contributed by atoms with van der Waals surface area (Å²) < 4.78 is 4.75. The molecule has 0 amide bonds. The fraction of sp³-hybridized carbons (Fsp3) is 0.113. The van der Waals surface area contributed by atoms with Gasteiger partial charge in [0, 0.05) is 38.4 Å². The van der Waals surface area contributed by atoms with Crippen molar-refractivity contribution in [3.63, 3.8) is 0 Å². The molecule has 5 heteroatoms. The molecule has 3 aromatic heterocycles. The number of para-hydroxylation sites is 2. The van der Waals surface area contributed by atoms with E-state index in [1.54, 1.807) is 0 Å². The van der Waals surface area contributed by atoms with Crippen LogP contribution in [0.4, 0.5) is 0 Å². The van der Waals surface area contributed by atoms with Crippen LogP contribution >= 0.6 is 0 Å². The number of hydrogen-bond acceptors (Lipinski definition) is 3. The van der Waals surface area contributed by atoms with Gasteiger partial charge in [-0.25, -0.2) is 4.98 Å². The van der Waals surface area contributed by atoms with Crippen molar-refractivity contribution in [3.05, 3.63) is 248 Å². The average molecular weight is 978 g/mol. The van der Waals surface area contributed by atoms with Crippen LogP contribution < -0.4 is 0 Å². The van der Waals surface area contributed by atoms with Gasteiger partial charge in [-0.1, -0.05) is 247 Å². The first-order chi connectivity index (χ1) is 37.1. The third-order valence-corrected chi connectivity index (χ3v) is 17.0. The van der Waals surface area contributed by atoms with E-state index in [-0.39, 0.29) is 10.8 Å². The minimum Gasteiger partial charge on any atom is -0.307 e. The van der Waals surface area contributed by atoms with Gasteiger partial charge in [0.25, 0.3) is 0 Å². The number of rotatable bonds is 8. The number of fused-ring (bicyclic) bond motifs is 8. The second kappa shape index (κ2) is 17.5. The third kappa shape index (κ3) is 7.10. The first-order valence-electron chi connectivity index (χ1n) is 26.5. The highest BCUT2D eigenvalue weighted by atomic mass is 15.2. The summed E-state index contributed by atoms with van der Waals surface area (Å²) in [5.74, 6) is 2.22. The average Bonchev–Trinajstić information content (AvgIpc) is 4.26. The molecule has 1 aliphatic rings. The van der Waals surface area contributed by atoms with E-state index in [0.717, 1.165) is 82.9 Å². The molecule has 10 aromatic carbocycles. The third-order valence-electron chi connectivity index (χ3n) is 17.0. The molecule has 14 rings (SSSR count). The molecule has 5 nitrogen and oxygen atoms in total. The Hall–Kier alpha value is -9.19. The molecule has 1 atom stereocenters. The van der Waals surface area contributed by atoms with Crippen LogP contribution in [0, 0.1) is 5.92 Å². The van der Waals surface area contributed by atoms with Crippen LogP contribution in [0.2, 0.25) is 0 Å². The molecule has 13 aromatic rings. The lowest BCUT2D eigenvalue weighted by molar-refractivity contribution is 0.264. The highest BCUT2D eigenvalue weighted by Crippen LogP contribution is 2.57. The molecule has 0 saturated heterocycles.